The monoisotopic (exact) mass is 873 g/mol. The number of sulfonamides is 6. The van der Waals surface area contributed by atoms with E-state index in [9.17, 15) is 50.5 Å². The predicted octanol–water partition coefficient (Wildman–Crippen LogP) is -5.32. The summed E-state index contributed by atoms with van der Waals surface area (Å²) in [5, 5.41) is 8.65. The minimum absolute atomic E-state index is 0. The summed E-state index contributed by atoms with van der Waals surface area (Å²) >= 11 is 0. The summed E-state index contributed by atoms with van der Waals surface area (Å²) in [6.07, 6.45) is 6.54. The molecule has 0 aromatic rings. The molecule has 10 N–H and O–H groups in total. The minimum atomic E-state index is -3.17. The van der Waals surface area contributed by atoms with E-state index in [0.717, 1.165) is 25.0 Å². The maximum absolute atomic E-state index is 10.9. The first-order chi connectivity index (χ1) is 18.1. The van der Waals surface area contributed by atoms with E-state index in [1.54, 1.807) is 7.05 Å². The van der Waals surface area contributed by atoms with Gasteiger partial charge in [0, 0.05) is 6.26 Å². The molecule has 0 radical (unpaired) electrons. The third kappa shape index (κ3) is 121. The standard InChI is InChI=1S/C5H15NO2SSi.C4H13NO2SSi.C4H12NO2SSi.C2H7NO2S.2CH5NO2S.Na.2H2O/c1-6(9(2,7)8)10(3,4)5;2*1-8(6,7)5-9(2,3)4;1-3-6(2,4)5;2*1-5(2,3)4;;;/h1-5H3;5H,1-4H3;1-4H3;3H,1-2H3;2*1H3,(H2,2,3,4);;2*1H2/q;;-1;;;;+1;;/p+1. The molecule has 0 bridgehead atoms. The molecule has 0 spiro atoms. The smallest absolute Gasteiger partial charge is 0.552 e. The van der Waals surface area contributed by atoms with E-state index in [2.05, 4.69) is 23.8 Å². The molecule has 292 valence electrons. The second kappa shape index (κ2) is 26.8. The van der Waals surface area contributed by atoms with Crippen LogP contribution in [0.15, 0.2) is 0 Å². The zero-order valence-electron chi connectivity index (χ0n) is 31.9. The fourth-order valence-electron chi connectivity index (χ4n) is 1.55. The molecule has 0 aromatic carbocycles. The van der Waals surface area contributed by atoms with Crippen LogP contribution in [0.2, 0.25) is 58.9 Å². The maximum atomic E-state index is 10.9. The van der Waals surface area contributed by atoms with Gasteiger partial charge in [0.1, 0.15) is 16.5 Å². The van der Waals surface area contributed by atoms with E-state index in [-0.39, 0.29) is 41.9 Å². The number of nitrogens with zero attached hydrogens (tertiary/aromatic N) is 2. The molecule has 0 aliphatic rings. The first-order valence-corrected chi connectivity index (χ1v) is 33.6. The van der Waals surface area contributed by atoms with Crippen LogP contribution in [-0.4, -0.2) is 142 Å². The molecule has 0 unspecified atom stereocenters. The van der Waals surface area contributed by atoms with Crippen LogP contribution in [0, 0.1) is 0 Å². The third-order valence-corrected chi connectivity index (χ3v) is 16.5. The number of nitrogens with two attached hydrogens (primary N) is 2. The Balaban J connectivity index is -0.0000000452. The van der Waals surface area contributed by atoms with Crippen molar-refractivity contribution in [3.05, 3.63) is 4.39 Å². The molecule has 0 fully saturated rings. The van der Waals surface area contributed by atoms with Crippen molar-refractivity contribution in [2.24, 2.45) is 10.3 Å². The molecule has 0 atom stereocenters. The SMILES string of the molecule is CN([Si](C)(C)C)S(C)(=O)=O.CNS(C)(=O)=O.CS(N)(=O)=O.CS(N)(=O)=O.C[Si](C)(C)NS(C)(=O)=O.C[Si](C)(C)[N-]S(C)(=O)=O.O.O.[H+].[Na+]. The van der Waals surface area contributed by atoms with Crippen LogP contribution >= 0.6 is 0 Å². The number of hydrogen-bond acceptors (Lipinski definition) is 12. The van der Waals surface area contributed by atoms with E-state index in [0.29, 0.717) is 0 Å². The van der Waals surface area contributed by atoms with Crippen LogP contribution in [0.3, 0.4) is 0 Å². The molecule has 0 aliphatic heterocycles. The van der Waals surface area contributed by atoms with Crippen molar-refractivity contribution >= 4 is 84.8 Å². The van der Waals surface area contributed by atoms with E-state index < -0.39 is 84.8 Å². The van der Waals surface area contributed by atoms with E-state index in [4.69, 9.17) is 0 Å². The van der Waals surface area contributed by atoms with Gasteiger partial charge in [0.15, 0.2) is 0 Å². The van der Waals surface area contributed by atoms with Crippen LogP contribution in [0.1, 0.15) is 1.43 Å². The molecular formula is C17H62N6NaO14S6Si3+. The molecule has 0 saturated heterocycles. The van der Waals surface area contributed by atoms with E-state index in [1.807, 2.05) is 58.9 Å². The number of nitrogens with one attached hydrogen (secondary N) is 2. The third-order valence-electron chi connectivity index (χ3n) is 2.74. The predicted molar refractivity (Wildman–Crippen MR) is 199 cm³/mol. The van der Waals surface area contributed by atoms with Gasteiger partial charge in [0.25, 0.3) is 0 Å². The Bertz CT molecular complexity index is 1390. The maximum Gasteiger partial charge on any atom is 1.00 e. The normalized spacial score (nSPS) is 12.3. The van der Waals surface area contributed by atoms with Gasteiger partial charge in [-0.05, 0) is 14.1 Å². The number of rotatable bonds is 7. The van der Waals surface area contributed by atoms with Gasteiger partial charge in [0.2, 0.25) is 50.1 Å². The quantitative estimate of drug-likeness (QED) is 0.174. The summed E-state index contributed by atoms with van der Waals surface area (Å²) in [5.74, 6) is 0. The average Bonchev–Trinajstić information content (AvgIpc) is 2.50. The van der Waals surface area contributed by atoms with Crippen molar-refractivity contribution in [2.45, 2.75) is 58.9 Å². The van der Waals surface area contributed by atoms with Gasteiger partial charge in [-0.1, -0.05) is 67.2 Å². The van der Waals surface area contributed by atoms with E-state index >= 15 is 0 Å². The summed E-state index contributed by atoms with van der Waals surface area (Å²) in [7, 11) is -20.3. The minimum Gasteiger partial charge on any atom is -0.552 e. The molecule has 0 aromatic heterocycles. The molecule has 0 amide bonds. The van der Waals surface area contributed by atoms with Gasteiger partial charge in [-0.2, -0.15) is 0 Å². The van der Waals surface area contributed by atoms with Crippen molar-refractivity contribution in [3.63, 3.8) is 0 Å². The van der Waals surface area contributed by atoms with Crippen molar-refractivity contribution in [1.29, 1.82) is 0 Å². The summed E-state index contributed by atoms with van der Waals surface area (Å²) in [4.78, 5) is 0. The second-order valence-electron chi connectivity index (χ2n) is 12.2. The Morgan fingerprint density at radius 2 is 0.809 bits per heavy atom. The Hall–Kier alpha value is 1.03. The van der Waals surface area contributed by atoms with Crippen LogP contribution in [0.25, 0.3) is 4.39 Å². The summed E-state index contributed by atoms with van der Waals surface area (Å²) in [6, 6.07) is 0. The zero-order chi connectivity index (χ0) is 38.2. The van der Waals surface area contributed by atoms with Crippen molar-refractivity contribution in [3.8, 4) is 0 Å². The molecule has 0 heterocycles. The van der Waals surface area contributed by atoms with Crippen molar-refractivity contribution < 1.29 is 92.4 Å². The van der Waals surface area contributed by atoms with Crippen LogP contribution in [-0.2, 0) is 60.1 Å². The first-order valence-electron chi connectivity index (χ1n) is 11.8. The number of primary sulfonamides is 2. The van der Waals surface area contributed by atoms with Gasteiger partial charge in [-0.15, -0.1) is 0 Å². The summed E-state index contributed by atoms with van der Waals surface area (Å²) in [6.45, 7) is 17.4. The Morgan fingerprint density at radius 3 is 0.809 bits per heavy atom. The van der Waals surface area contributed by atoms with Crippen molar-refractivity contribution in [2.75, 3.05) is 51.6 Å². The van der Waals surface area contributed by atoms with Gasteiger partial charge in [-0.3, -0.25) is 0 Å². The molecular weight excluding hydrogens is 812 g/mol. The van der Waals surface area contributed by atoms with Gasteiger partial charge in [0.05, 0.1) is 41.3 Å². The molecule has 0 saturated carbocycles. The van der Waals surface area contributed by atoms with Crippen molar-refractivity contribution in [1.82, 2.24) is 13.1 Å². The molecule has 30 heteroatoms. The van der Waals surface area contributed by atoms with Crippen LogP contribution in [0.5, 0.6) is 0 Å². The average molecular weight is 874 g/mol. The summed E-state index contributed by atoms with van der Waals surface area (Å²) < 4.78 is 131. The number of hydrogen-bond donors (Lipinski definition) is 4. The Morgan fingerprint density at radius 1 is 0.596 bits per heavy atom. The zero-order valence-corrected chi connectivity index (χ0v) is 40.8. The van der Waals surface area contributed by atoms with Gasteiger partial charge < -0.3 is 15.3 Å². The van der Waals surface area contributed by atoms with E-state index in [1.165, 1.54) is 23.5 Å². The fourth-order valence-corrected chi connectivity index (χ4v) is 14.0. The van der Waals surface area contributed by atoms with Crippen LogP contribution in [0.4, 0.5) is 0 Å². The summed E-state index contributed by atoms with van der Waals surface area (Å²) in [5.41, 5.74) is 0. The van der Waals surface area contributed by atoms with Gasteiger partial charge in [-0.25, -0.2) is 73.9 Å². The van der Waals surface area contributed by atoms with Gasteiger partial charge >= 0.3 is 31.0 Å². The second-order valence-corrected chi connectivity index (χ2v) is 38.2. The largest absolute Gasteiger partial charge is 1.00 e. The Kier molecular flexibility index (Phi) is 39.7. The first kappa shape index (κ1) is 69.7. The molecule has 20 nitrogen and oxygen atoms in total. The molecule has 47 heavy (non-hydrogen) atoms. The Labute approximate surface area is 313 Å². The fraction of sp³-hybridized carbons (Fsp3) is 1.00. The van der Waals surface area contributed by atoms with Crippen LogP contribution < -0.4 is 48.9 Å². The topological polar surface area (TPSA) is 361 Å². The molecule has 0 rings (SSSR count). The molecule has 0 aliphatic carbocycles.